The number of aromatic nitrogens is 1. The normalized spacial score (nSPS) is 17.5. The third kappa shape index (κ3) is 5.87. The van der Waals surface area contributed by atoms with Gasteiger partial charge in [-0.15, -0.1) is 0 Å². The lowest BCUT2D eigenvalue weighted by Crippen LogP contribution is -2.37. The molecule has 0 radical (unpaired) electrons. The lowest BCUT2D eigenvalue weighted by Gasteiger charge is -2.30. The highest BCUT2D eigenvalue weighted by Gasteiger charge is 2.34. The lowest BCUT2D eigenvalue weighted by molar-refractivity contribution is -0.139. The van der Waals surface area contributed by atoms with Crippen LogP contribution in [0.3, 0.4) is 0 Å². The number of nitrogens with two attached hydrogens (primary N) is 1. The average Bonchev–Trinajstić information content (AvgIpc) is 3.27. The zero-order chi connectivity index (χ0) is 29.5. The van der Waals surface area contributed by atoms with E-state index in [4.69, 9.17) is 10.5 Å². The summed E-state index contributed by atoms with van der Waals surface area (Å²) in [6, 6.07) is 3.99. The Labute approximate surface area is 230 Å². The number of morpholine rings is 1. The number of hydrogen-bond donors (Lipinski definition) is 3. The molecule has 0 saturated carbocycles. The Hall–Kier alpha value is -4.08. The van der Waals surface area contributed by atoms with Gasteiger partial charge >= 0.3 is 12.2 Å². The van der Waals surface area contributed by atoms with E-state index in [1.807, 2.05) is 0 Å². The largest absolute Gasteiger partial charge is 0.419 e. The number of urea groups is 1. The summed E-state index contributed by atoms with van der Waals surface area (Å²) in [4.78, 5) is 16.1. The molecule has 1 fully saturated rings. The molecule has 4 N–H and O–H groups in total. The van der Waals surface area contributed by atoms with E-state index in [-0.39, 0.29) is 5.56 Å². The van der Waals surface area contributed by atoms with Crippen molar-refractivity contribution in [3.8, 4) is 11.1 Å². The standard InChI is InChI=1S/C26H25F6N7O2/c1-37-13-34-39-15(12-38-4-6-41-7-5-38)9-17(23(39)24(37)33)16-10-21(29)22(11-20(16)28)36-25(40)35-14-2-3-19(27)18(8-14)26(30,31)32/h2-3,8-11,13,24H,4-7,12,33H2,1H3,(H2,35,36,40). The summed E-state index contributed by atoms with van der Waals surface area (Å²) >= 11 is 0. The SMILES string of the molecule is CN1C=Nn2c(CN3CCOCC3)cc(-c3cc(F)c(NC(=O)Nc4ccc(F)c(C(F)(F)F)c4)cc3F)c2C1N. The second-order valence-electron chi connectivity index (χ2n) is 9.56. The molecule has 0 aliphatic carbocycles. The zero-order valence-electron chi connectivity index (χ0n) is 21.6. The van der Waals surface area contributed by atoms with Gasteiger partial charge in [0, 0.05) is 49.6 Å². The fourth-order valence-corrected chi connectivity index (χ4v) is 4.66. The zero-order valence-corrected chi connectivity index (χ0v) is 21.6. The summed E-state index contributed by atoms with van der Waals surface area (Å²) in [6.07, 6.45) is -4.18. The molecule has 0 spiro atoms. The number of nitrogens with zero attached hydrogens (tertiary/aromatic N) is 4. The number of rotatable bonds is 5. The topological polar surface area (TPSA) is 100 Å². The predicted octanol–water partition coefficient (Wildman–Crippen LogP) is 4.76. The van der Waals surface area contributed by atoms with Crippen LogP contribution < -0.4 is 16.4 Å². The van der Waals surface area contributed by atoms with Crippen molar-refractivity contribution < 1.29 is 35.9 Å². The molecule has 1 atom stereocenters. The van der Waals surface area contributed by atoms with Gasteiger partial charge in [-0.2, -0.15) is 18.3 Å². The molecular formula is C26H25F6N7O2. The maximum Gasteiger partial charge on any atom is 0.419 e. The maximum absolute atomic E-state index is 15.4. The van der Waals surface area contributed by atoms with Crippen molar-refractivity contribution in [1.29, 1.82) is 0 Å². The van der Waals surface area contributed by atoms with Crippen LogP contribution in [-0.2, 0) is 17.5 Å². The number of carbonyl (C=O) groups is 1. The molecule has 5 rings (SSSR count). The Morgan fingerprint density at radius 1 is 1.02 bits per heavy atom. The number of carbonyl (C=O) groups excluding carboxylic acids is 1. The highest BCUT2D eigenvalue weighted by molar-refractivity contribution is 6.00. The third-order valence-electron chi connectivity index (χ3n) is 6.77. The van der Waals surface area contributed by atoms with Crippen molar-refractivity contribution in [2.24, 2.45) is 10.8 Å². The third-order valence-corrected chi connectivity index (χ3v) is 6.77. The van der Waals surface area contributed by atoms with Crippen LogP contribution in [0.5, 0.6) is 0 Å². The molecule has 1 saturated heterocycles. The molecule has 3 heterocycles. The quantitative estimate of drug-likeness (QED) is 0.378. The van der Waals surface area contributed by atoms with Crippen molar-refractivity contribution >= 4 is 23.7 Å². The second kappa shape index (κ2) is 11.1. The van der Waals surface area contributed by atoms with Gasteiger partial charge in [-0.05, 0) is 30.3 Å². The Bertz CT molecular complexity index is 1500. The first-order valence-electron chi connectivity index (χ1n) is 12.4. The van der Waals surface area contributed by atoms with Crippen molar-refractivity contribution in [2.45, 2.75) is 18.9 Å². The van der Waals surface area contributed by atoms with E-state index in [0.717, 1.165) is 18.2 Å². The van der Waals surface area contributed by atoms with Crippen LogP contribution in [0.4, 0.5) is 42.5 Å². The van der Waals surface area contributed by atoms with Crippen LogP contribution in [0.15, 0.2) is 41.5 Å². The molecule has 1 unspecified atom stereocenters. The molecule has 41 heavy (non-hydrogen) atoms. The van der Waals surface area contributed by atoms with Crippen LogP contribution >= 0.6 is 0 Å². The molecule has 1 aromatic heterocycles. The number of hydrogen-bond acceptors (Lipinski definition) is 6. The fraction of sp³-hybridized carbons (Fsp3) is 0.308. The van der Waals surface area contributed by atoms with Gasteiger partial charge in [-0.25, -0.2) is 22.6 Å². The number of ether oxygens (including phenoxy) is 1. The number of benzene rings is 2. The highest BCUT2D eigenvalue weighted by Crippen LogP contribution is 2.37. The molecule has 2 amide bonds. The molecule has 3 aromatic rings. The first-order chi connectivity index (χ1) is 19.4. The summed E-state index contributed by atoms with van der Waals surface area (Å²) in [5.74, 6) is -3.43. The number of alkyl halides is 3. The molecule has 2 aromatic carbocycles. The van der Waals surface area contributed by atoms with Gasteiger partial charge < -0.3 is 26.0 Å². The Morgan fingerprint density at radius 2 is 1.76 bits per heavy atom. The van der Waals surface area contributed by atoms with Gasteiger partial charge in [0.2, 0.25) is 0 Å². The van der Waals surface area contributed by atoms with Crippen LogP contribution in [-0.4, -0.2) is 60.2 Å². The minimum absolute atomic E-state index is 0.125. The van der Waals surface area contributed by atoms with Gasteiger partial charge in [0.15, 0.2) is 0 Å². The van der Waals surface area contributed by atoms with Gasteiger partial charge in [0.25, 0.3) is 0 Å². The first-order valence-corrected chi connectivity index (χ1v) is 12.4. The van der Waals surface area contributed by atoms with Crippen molar-refractivity contribution in [1.82, 2.24) is 14.5 Å². The minimum Gasteiger partial charge on any atom is -0.379 e. The molecular weight excluding hydrogens is 556 g/mol. The molecule has 2 aliphatic heterocycles. The van der Waals surface area contributed by atoms with Crippen molar-refractivity contribution in [3.05, 3.63) is 70.8 Å². The second-order valence-corrected chi connectivity index (χ2v) is 9.56. The highest BCUT2D eigenvalue weighted by atomic mass is 19.4. The van der Waals surface area contributed by atoms with Gasteiger partial charge in [-0.3, -0.25) is 4.90 Å². The molecule has 15 heteroatoms. The van der Waals surface area contributed by atoms with Crippen LogP contribution in [0.25, 0.3) is 11.1 Å². The van der Waals surface area contributed by atoms with E-state index in [1.54, 1.807) is 22.7 Å². The van der Waals surface area contributed by atoms with E-state index in [0.29, 0.717) is 61.9 Å². The van der Waals surface area contributed by atoms with Gasteiger partial charge in [-0.1, -0.05) is 0 Å². The summed E-state index contributed by atoms with van der Waals surface area (Å²) in [5.41, 5.74) is 5.15. The summed E-state index contributed by atoms with van der Waals surface area (Å²) in [6.45, 7) is 2.98. The Morgan fingerprint density at radius 3 is 2.46 bits per heavy atom. The Balaban J connectivity index is 1.41. The van der Waals surface area contributed by atoms with Gasteiger partial charge in [0.1, 0.15) is 30.0 Å². The number of anilines is 2. The number of nitrogens with one attached hydrogen (secondary N) is 2. The van der Waals surface area contributed by atoms with Crippen LogP contribution in [0, 0.1) is 17.5 Å². The molecule has 218 valence electrons. The molecule has 2 aliphatic rings. The predicted molar refractivity (Wildman–Crippen MR) is 139 cm³/mol. The van der Waals surface area contributed by atoms with Crippen LogP contribution in [0.2, 0.25) is 0 Å². The minimum atomic E-state index is -4.99. The number of halogens is 6. The smallest absolute Gasteiger partial charge is 0.379 e. The molecule has 0 bridgehead atoms. The number of fused-ring (bicyclic) bond motifs is 1. The maximum atomic E-state index is 15.4. The monoisotopic (exact) mass is 581 g/mol. The van der Waals surface area contributed by atoms with E-state index in [2.05, 4.69) is 20.6 Å². The summed E-state index contributed by atoms with van der Waals surface area (Å²) in [5, 5.41) is 8.54. The van der Waals surface area contributed by atoms with Gasteiger partial charge in [0.05, 0.1) is 35.9 Å². The van der Waals surface area contributed by atoms with E-state index in [1.165, 1.54) is 6.34 Å². The molecule has 9 nitrogen and oxygen atoms in total. The van der Waals surface area contributed by atoms with Crippen molar-refractivity contribution in [2.75, 3.05) is 44.0 Å². The van der Waals surface area contributed by atoms with Crippen LogP contribution in [0.1, 0.15) is 23.1 Å². The first kappa shape index (κ1) is 28.4. The Kier molecular flexibility index (Phi) is 7.68. The average molecular weight is 582 g/mol. The fourth-order valence-electron chi connectivity index (χ4n) is 4.66. The van der Waals surface area contributed by atoms with Crippen molar-refractivity contribution in [3.63, 3.8) is 0 Å². The van der Waals surface area contributed by atoms with E-state index < -0.39 is 52.8 Å². The number of amides is 2. The lowest BCUT2D eigenvalue weighted by atomic mass is 10.0. The summed E-state index contributed by atoms with van der Waals surface area (Å²) < 4.78 is 90.0. The summed E-state index contributed by atoms with van der Waals surface area (Å²) in [7, 11) is 1.69. The van der Waals surface area contributed by atoms with E-state index >= 15 is 8.78 Å². The van der Waals surface area contributed by atoms with E-state index in [9.17, 15) is 22.4 Å².